The Morgan fingerprint density at radius 2 is 1.67 bits per heavy atom. The minimum Gasteiger partial charge on any atom is -0.497 e. The molecule has 1 aromatic rings. The Bertz CT molecular complexity index is 804. The Morgan fingerprint density at radius 1 is 1.07 bits per heavy atom. The van der Waals surface area contributed by atoms with Crippen LogP contribution < -0.4 is 4.74 Å². The zero-order chi connectivity index (χ0) is 22.3. The van der Waals surface area contributed by atoms with Gasteiger partial charge in [0.05, 0.1) is 38.0 Å². The summed E-state index contributed by atoms with van der Waals surface area (Å²) in [4.78, 5) is 27.3. The third-order valence-corrected chi connectivity index (χ3v) is 5.25. The fourth-order valence-corrected chi connectivity index (χ4v) is 4.00. The van der Waals surface area contributed by atoms with Gasteiger partial charge in [0.15, 0.2) is 5.78 Å². The number of carbonyl (C=O) groups excluding carboxylic acids is 2. The Morgan fingerprint density at radius 3 is 2.17 bits per heavy atom. The van der Waals surface area contributed by atoms with Gasteiger partial charge >= 0.3 is 12.3 Å². The number of nitrogens with zero attached hydrogens (tertiary/aromatic N) is 1. The fourth-order valence-electron chi connectivity index (χ4n) is 4.00. The molecule has 0 saturated carbocycles. The smallest absolute Gasteiger partial charge is 0.416 e. The monoisotopic (exact) mass is 429 g/mol. The van der Waals surface area contributed by atoms with Gasteiger partial charge in [-0.1, -0.05) is 0 Å². The number of methoxy groups -OCH3 is 1. The lowest BCUT2D eigenvalue weighted by molar-refractivity contribution is -0.137. The van der Waals surface area contributed by atoms with E-state index in [9.17, 15) is 22.8 Å². The topological polar surface area (TPSA) is 65.1 Å². The highest BCUT2D eigenvalue weighted by Crippen LogP contribution is 2.37. The van der Waals surface area contributed by atoms with Crippen molar-refractivity contribution in [3.63, 3.8) is 0 Å². The van der Waals surface area contributed by atoms with Crippen molar-refractivity contribution in [3.05, 3.63) is 29.3 Å². The SMILES string of the molecule is COc1cc(C(=O)C2CC3COCC(C2)N3C(=O)OC(C)(C)C)cc(C(F)(F)F)c1. The van der Waals surface area contributed by atoms with E-state index in [-0.39, 0.29) is 42.4 Å². The summed E-state index contributed by atoms with van der Waals surface area (Å²) in [5.41, 5.74) is -1.63. The summed E-state index contributed by atoms with van der Waals surface area (Å²) in [6.45, 7) is 5.83. The average Bonchev–Trinajstić information content (AvgIpc) is 2.63. The number of fused-ring (bicyclic) bond motifs is 2. The number of amides is 1. The molecule has 2 atom stereocenters. The van der Waals surface area contributed by atoms with Crippen LogP contribution in [0.3, 0.4) is 0 Å². The third-order valence-electron chi connectivity index (χ3n) is 5.25. The summed E-state index contributed by atoms with van der Waals surface area (Å²) in [6.07, 6.45) is -4.46. The lowest BCUT2D eigenvalue weighted by Crippen LogP contribution is -2.60. The van der Waals surface area contributed by atoms with Crippen molar-refractivity contribution in [2.45, 2.75) is 57.5 Å². The van der Waals surface area contributed by atoms with Gasteiger partial charge in [-0.15, -0.1) is 0 Å². The number of carbonyl (C=O) groups is 2. The molecule has 2 heterocycles. The minimum absolute atomic E-state index is 0.0251. The third kappa shape index (κ3) is 4.88. The maximum absolute atomic E-state index is 13.2. The molecule has 0 aliphatic carbocycles. The molecule has 0 spiro atoms. The van der Waals surface area contributed by atoms with Gasteiger partial charge in [-0.3, -0.25) is 9.69 Å². The summed E-state index contributed by atoms with van der Waals surface area (Å²) in [6, 6.07) is 2.31. The van der Waals surface area contributed by atoms with Gasteiger partial charge in [-0.2, -0.15) is 13.2 Å². The first-order valence-corrected chi connectivity index (χ1v) is 9.78. The van der Waals surface area contributed by atoms with E-state index in [1.807, 2.05) is 0 Å². The zero-order valence-electron chi connectivity index (χ0n) is 17.4. The van der Waals surface area contributed by atoms with E-state index in [0.29, 0.717) is 12.8 Å². The molecule has 0 N–H and O–H groups in total. The normalized spacial score (nSPS) is 24.4. The average molecular weight is 429 g/mol. The molecular formula is C21H26F3NO5. The second kappa shape index (κ2) is 8.09. The van der Waals surface area contributed by atoms with Crippen molar-refractivity contribution in [3.8, 4) is 5.75 Å². The molecule has 9 heteroatoms. The number of alkyl halides is 3. The number of hydrogen-bond acceptors (Lipinski definition) is 5. The summed E-state index contributed by atoms with van der Waals surface area (Å²) in [5, 5.41) is 0. The Labute approximate surface area is 173 Å². The van der Waals surface area contributed by atoms with Crippen LogP contribution in [0.4, 0.5) is 18.0 Å². The Hall–Kier alpha value is -2.29. The van der Waals surface area contributed by atoms with Gasteiger partial charge < -0.3 is 14.2 Å². The second-order valence-electron chi connectivity index (χ2n) is 8.71. The lowest BCUT2D eigenvalue weighted by Gasteiger charge is -2.47. The molecule has 2 unspecified atom stereocenters. The maximum Gasteiger partial charge on any atom is 0.416 e. The van der Waals surface area contributed by atoms with E-state index < -0.39 is 29.4 Å². The molecule has 6 nitrogen and oxygen atoms in total. The number of halogens is 3. The maximum atomic E-state index is 13.2. The molecule has 0 aromatic heterocycles. The van der Waals surface area contributed by atoms with Crippen molar-refractivity contribution < 1.29 is 37.0 Å². The molecule has 3 rings (SSSR count). The second-order valence-corrected chi connectivity index (χ2v) is 8.71. The zero-order valence-corrected chi connectivity index (χ0v) is 17.4. The van der Waals surface area contributed by atoms with Crippen LogP contribution in [0.15, 0.2) is 18.2 Å². The Kier molecular flexibility index (Phi) is 6.04. The highest BCUT2D eigenvalue weighted by molar-refractivity contribution is 5.98. The Balaban J connectivity index is 1.82. The van der Waals surface area contributed by atoms with E-state index in [1.54, 1.807) is 25.7 Å². The van der Waals surface area contributed by atoms with Crippen molar-refractivity contribution in [1.29, 1.82) is 0 Å². The molecular weight excluding hydrogens is 403 g/mol. The molecule has 2 fully saturated rings. The fraction of sp³-hybridized carbons (Fsp3) is 0.619. The molecule has 1 aromatic carbocycles. The highest BCUT2D eigenvalue weighted by Gasteiger charge is 2.45. The van der Waals surface area contributed by atoms with Gasteiger partial charge in [0.1, 0.15) is 11.4 Å². The highest BCUT2D eigenvalue weighted by atomic mass is 19.4. The van der Waals surface area contributed by atoms with Crippen LogP contribution in [0.5, 0.6) is 5.75 Å². The first-order chi connectivity index (χ1) is 13.9. The molecule has 2 aliphatic heterocycles. The molecule has 1 amide bonds. The van der Waals surface area contributed by atoms with Gasteiger partial charge in [0, 0.05) is 11.5 Å². The number of ketones is 1. The van der Waals surface area contributed by atoms with Crippen LogP contribution in [0.25, 0.3) is 0 Å². The molecule has 166 valence electrons. The van der Waals surface area contributed by atoms with E-state index >= 15 is 0 Å². The summed E-state index contributed by atoms with van der Waals surface area (Å²) in [5.74, 6) is -0.932. The van der Waals surface area contributed by atoms with Crippen LogP contribution in [-0.4, -0.2) is 54.8 Å². The number of Topliss-reactive ketones (excluding diaryl/α,β-unsaturated/α-hetero) is 1. The van der Waals surface area contributed by atoms with Crippen LogP contribution >= 0.6 is 0 Å². The van der Waals surface area contributed by atoms with Crippen molar-refractivity contribution in [2.75, 3.05) is 20.3 Å². The first kappa shape index (κ1) is 22.4. The van der Waals surface area contributed by atoms with E-state index in [4.69, 9.17) is 14.2 Å². The predicted octanol–water partition coefficient (Wildman–Crippen LogP) is 4.31. The summed E-state index contributed by atoms with van der Waals surface area (Å²) < 4.78 is 55.6. The lowest BCUT2D eigenvalue weighted by atomic mass is 9.80. The van der Waals surface area contributed by atoms with Crippen LogP contribution in [-0.2, 0) is 15.7 Å². The van der Waals surface area contributed by atoms with Crippen molar-refractivity contribution >= 4 is 11.9 Å². The van der Waals surface area contributed by atoms with Gasteiger partial charge in [0.2, 0.25) is 0 Å². The molecule has 2 bridgehead atoms. The van der Waals surface area contributed by atoms with Crippen LogP contribution in [0, 0.1) is 5.92 Å². The van der Waals surface area contributed by atoms with Crippen LogP contribution in [0.2, 0.25) is 0 Å². The van der Waals surface area contributed by atoms with E-state index in [2.05, 4.69) is 0 Å². The molecule has 2 aliphatic rings. The largest absolute Gasteiger partial charge is 0.497 e. The number of morpholine rings is 1. The summed E-state index contributed by atoms with van der Waals surface area (Å²) in [7, 11) is 1.25. The first-order valence-electron chi connectivity index (χ1n) is 9.78. The van der Waals surface area contributed by atoms with E-state index in [0.717, 1.165) is 12.1 Å². The standard InChI is InChI=1S/C21H26F3NO5/c1-20(2,3)30-19(27)25-15-6-13(7-16(25)11-29-10-15)18(26)12-5-14(21(22,23)24)9-17(8-12)28-4/h5,8-9,13,15-16H,6-7,10-11H2,1-4H3. The quantitative estimate of drug-likeness (QED) is 0.670. The number of ether oxygens (including phenoxy) is 3. The number of rotatable bonds is 3. The summed E-state index contributed by atoms with van der Waals surface area (Å²) >= 11 is 0. The number of piperidine rings is 1. The molecule has 30 heavy (non-hydrogen) atoms. The van der Waals surface area contributed by atoms with E-state index in [1.165, 1.54) is 13.2 Å². The van der Waals surface area contributed by atoms with Crippen LogP contribution in [0.1, 0.15) is 49.5 Å². The van der Waals surface area contributed by atoms with Gasteiger partial charge in [0.25, 0.3) is 0 Å². The van der Waals surface area contributed by atoms with Gasteiger partial charge in [-0.25, -0.2) is 4.79 Å². The number of benzene rings is 1. The van der Waals surface area contributed by atoms with Crippen molar-refractivity contribution in [1.82, 2.24) is 4.90 Å². The predicted molar refractivity (Wildman–Crippen MR) is 102 cm³/mol. The minimum atomic E-state index is -4.59. The van der Waals surface area contributed by atoms with Gasteiger partial charge in [-0.05, 0) is 51.8 Å². The molecule has 2 saturated heterocycles. The number of hydrogen-bond donors (Lipinski definition) is 0. The van der Waals surface area contributed by atoms with Crippen molar-refractivity contribution in [2.24, 2.45) is 5.92 Å². The molecule has 0 radical (unpaired) electrons.